The van der Waals surface area contributed by atoms with Gasteiger partial charge in [-0.1, -0.05) is 59.7 Å². The molecule has 4 N–H and O–H groups in total. The summed E-state index contributed by atoms with van der Waals surface area (Å²) >= 11 is 0. The van der Waals surface area contributed by atoms with Crippen LogP contribution in [0.25, 0.3) is 45.2 Å². The van der Waals surface area contributed by atoms with Crippen LogP contribution in [-0.2, 0) is 12.8 Å². The number of hydrogen-bond acceptors (Lipinski definition) is 12. The zero-order valence-corrected chi connectivity index (χ0v) is 36.3. The Hall–Kier alpha value is -7.30. The van der Waals surface area contributed by atoms with E-state index in [2.05, 4.69) is 89.3 Å². The van der Waals surface area contributed by atoms with Crippen LogP contribution >= 0.6 is 0 Å². The van der Waals surface area contributed by atoms with Gasteiger partial charge in [-0.05, 0) is 111 Å². The molecular weight excluding hydrogens is 839 g/mol. The molecule has 8 aromatic rings. The number of fused-ring (bicyclic) bond motifs is 6. The van der Waals surface area contributed by atoms with Crippen molar-refractivity contribution in [3.8, 4) is 22.8 Å². The highest BCUT2D eigenvalue weighted by Gasteiger charge is 2.31. The van der Waals surface area contributed by atoms with Crippen molar-refractivity contribution in [2.24, 2.45) is 0 Å². The van der Waals surface area contributed by atoms with Crippen LogP contribution in [0.15, 0.2) is 109 Å². The largest absolute Gasteiger partial charge is 0.387 e. The first-order valence-corrected chi connectivity index (χ1v) is 22.3. The van der Waals surface area contributed by atoms with Crippen LogP contribution in [0.4, 0.5) is 20.4 Å². The molecule has 6 aromatic heterocycles. The summed E-state index contributed by atoms with van der Waals surface area (Å²) in [5, 5.41) is 36.6. The quantitative estimate of drug-likeness (QED) is 0.114. The molecule has 66 heavy (non-hydrogen) atoms. The van der Waals surface area contributed by atoms with Gasteiger partial charge in [0.15, 0.2) is 34.6 Å². The van der Waals surface area contributed by atoms with Crippen LogP contribution in [0.1, 0.15) is 98.2 Å². The maximum absolute atomic E-state index is 13.8. The number of imidazole rings is 2. The van der Waals surface area contributed by atoms with Crippen LogP contribution in [0.3, 0.4) is 0 Å². The highest BCUT2D eigenvalue weighted by atomic mass is 19.1. The second-order valence-electron chi connectivity index (χ2n) is 17.5. The van der Waals surface area contributed by atoms with Gasteiger partial charge in [0.05, 0.1) is 48.4 Å². The molecule has 0 bridgehead atoms. The highest BCUT2D eigenvalue weighted by Crippen LogP contribution is 2.44. The molecule has 0 amide bonds. The second-order valence-corrected chi connectivity index (χ2v) is 17.5. The summed E-state index contributed by atoms with van der Waals surface area (Å²) in [6.07, 6.45) is 15.0. The first kappa shape index (κ1) is 41.4. The fourth-order valence-corrected chi connectivity index (χ4v) is 9.88. The van der Waals surface area contributed by atoms with Crippen molar-refractivity contribution in [3.63, 3.8) is 0 Å². The van der Waals surface area contributed by atoms with Crippen molar-refractivity contribution in [2.45, 2.75) is 89.5 Å². The molecule has 0 fully saturated rings. The number of nitrogens with zero attached hydrogens (tertiary/aromatic N) is 10. The number of hydrogen-bond donors (Lipinski definition) is 4. The molecule has 332 valence electrons. The monoisotopic (exact) mass is 884 g/mol. The third-order valence-electron chi connectivity index (χ3n) is 13.1. The standard InChI is InChI=1S/2C25H23FN6O/c2*1-14(33)22-13-28-25-24(30-23(31-32(22)25)17-9-18(26)12-27-11-17)29-19-7-6-16-8-15-4-2-3-5-20(15)21(16)10-19/h2*2-5,9,11-14,19,33H,6-8,10H2,1H3,(H,29,30,31)/t14-,19+;14-,19-/m01/s1. The molecule has 0 aliphatic heterocycles. The Balaban J connectivity index is 0.000000146. The molecule has 2 aromatic carbocycles. The lowest BCUT2D eigenvalue weighted by atomic mass is 9.88. The van der Waals surface area contributed by atoms with Gasteiger partial charge in [0, 0.05) is 35.6 Å². The second kappa shape index (κ2) is 16.9. The van der Waals surface area contributed by atoms with Gasteiger partial charge in [-0.15, -0.1) is 10.2 Å². The van der Waals surface area contributed by atoms with Crippen molar-refractivity contribution in [2.75, 3.05) is 10.6 Å². The maximum atomic E-state index is 13.8. The third-order valence-corrected chi connectivity index (χ3v) is 13.1. The van der Waals surface area contributed by atoms with Crippen molar-refractivity contribution in [3.05, 3.63) is 154 Å². The van der Waals surface area contributed by atoms with Gasteiger partial charge in [0.25, 0.3) is 0 Å². The number of rotatable bonds is 8. The minimum Gasteiger partial charge on any atom is -0.387 e. The molecule has 4 atom stereocenters. The molecule has 12 rings (SSSR count). The van der Waals surface area contributed by atoms with E-state index in [1.165, 1.54) is 69.1 Å². The number of aliphatic hydroxyl groups is 2. The molecule has 16 heteroatoms. The van der Waals surface area contributed by atoms with E-state index in [4.69, 9.17) is 9.97 Å². The molecule has 0 spiro atoms. The number of pyridine rings is 2. The summed E-state index contributed by atoms with van der Waals surface area (Å²) in [6.45, 7) is 3.32. The lowest BCUT2D eigenvalue weighted by Crippen LogP contribution is -2.24. The van der Waals surface area contributed by atoms with E-state index in [1.54, 1.807) is 35.3 Å². The molecule has 0 unspecified atom stereocenters. The number of aromatic nitrogens is 10. The fraction of sp³-hybridized carbons (Fsp3) is 0.280. The Bertz CT molecular complexity index is 3030. The number of nitrogens with one attached hydrogen (secondary N) is 2. The molecule has 4 aliphatic carbocycles. The zero-order valence-electron chi connectivity index (χ0n) is 36.3. The Morgan fingerprint density at radius 2 is 1.05 bits per heavy atom. The molecular formula is C50H46F2N12O2. The highest BCUT2D eigenvalue weighted by molar-refractivity contribution is 5.79. The Labute approximate surface area is 378 Å². The number of benzene rings is 2. The minimum atomic E-state index is -0.765. The molecule has 6 heterocycles. The van der Waals surface area contributed by atoms with E-state index in [1.807, 2.05) is 0 Å². The van der Waals surface area contributed by atoms with E-state index in [-0.39, 0.29) is 12.1 Å². The van der Waals surface area contributed by atoms with Gasteiger partial charge in [-0.2, -0.15) is 0 Å². The number of halogens is 2. The lowest BCUT2D eigenvalue weighted by molar-refractivity contribution is 0.191. The smallest absolute Gasteiger partial charge is 0.197 e. The first-order valence-electron chi connectivity index (χ1n) is 22.3. The van der Waals surface area contributed by atoms with Crippen molar-refractivity contribution in [1.82, 2.24) is 49.1 Å². The molecule has 0 saturated carbocycles. The van der Waals surface area contributed by atoms with Crippen molar-refractivity contribution < 1.29 is 19.0 Å². The average Bonchev–Trinajstić information content (AvgIpc) is 4.12. The summed E-state index contributed by atoms with van der Waals surface area (Å²) in [5.74, 6) is 0.850. The Morgan fingerprint density at radius 1 is 0.606 bits per heavy atom. The van der Waals surface area contributed by atoms with Crippen LogP contribution < -0.4 is 10.6 Å². The molecule has 0 saturated heterocycles. The normalized spacial score (nSPS) is 18.3. The SMILES string of the molecule is C[C@@H](O)c1cnc2c(N[C@@H]3CCC4=C(C3)c3ccccc3C4)nc(-c3cncc(F)c3)nn12.C[C@H](O)c1cnc2c(N[C@@H]3CCC4=C(C3)c3ccccc3C4)nc(-c3cncc(F)c3)nn12. The topological polar surface area (TPSA) is 176 Å². The average molecular weight is 885 g/mol. The van der Waals surface area contributed by atoms with E-state index >= 15 is 0 Å². The van der Waals surface area contributed by atoms with Crippen LogP contribution in [0.5, 0.6) is 0 Å². The predicted molar refractivity (Wildman–Crippen MR) is 246 cm³/mol. The Kier molecular flexibility index (Phi) is 10.6. The van der Waals surface area contributed by atoms with E-state index in [0.717, 1.165) is 63.8 Å². The van der Waals surface area contributed by atoms with Gasteiger partial charge >= 0.3 is 0 Å². The van der Waals surface area contributed by atoms with Crippen LogP contribution in [-0.4, -0.2) is 71.4 Å². The fourth-order valence-electron chi connectivity index (χ4n) is 9.88. The minimum absolute atomic E-state index is 0.179. The summed E-state index contributed by atoms with van der Waals surface area (Å²) in [4.78, 5) is 26.2. The number of aliphatic hydroxyl groups excluding tert-OH is 2. The third kappa shape index (κ3) is 7.75. The van der Waals surface area contributed by atoms with Gasteiger partial charge in [-0.3, -0.25) is 9.97 Å². The van der Waals surface area contributed by atoms with E-state index in [9.17, 15) is 19.0 Å². The van der Waals surface area contributed by atoms with Gasteiger partial charge in [0.2, 0.25) is 0 Å². The van der Waals surface area contributed by atoms with Crippen molar-refractivity contribution >= 4 is 34.1 Å². The first-order chi connectivity index (χ1) is 32.1. The van der Waals surface area contributed by atoms with Gasteiger partial charge < -0.3 is 20.8 Å². The zero-order chi connectivity index (χ0) is 45.1. The number of allylic oxidation sites excluding steroid dienone is 2. The predicted octanol–water partition coefficient (Wildman–Crippen LogP) is 8.71. The maximum Gasteiger partial charge on any atom is 0.197 e. The number of anilines is 2. The summed E-state index contributed by atoms with van der Waals surface area (Å²) in [6, 6.07) is 20.3. The van der Waals surface area contributed by atoms with E-state index < -0.39 is 23.8 Å². The summed E-state index contributed by atoms with van der Waals surface area (Å²) in [5.41, 5.74) is 14.5. The molecule has 4 aliphatic rings. The van der Waals surface area contributed by atoms with Crippen LogP contribution in [0.2, 0.25) is 0 Å². The Morgan fingerprint density at radius 3 is 1.47 bits per heavy atom. The molecule has 0 radical (unpaired) electrons. The van der Waals surface area contributed by atoms with Crippen LogP contribution in [0, 0.1) is 11.6 Å². The molecule has 14 nitrogen and oxygen atoms in total. The van der Waals surface area contributed by atoms with E-state index in [0.29, 0.717) is 57.1 Å². The lowest BCUT2D eigenvalue weighted by Gasteiger charge is -2.26. The van der Waals surface area contributed by atoms with Gasteiger partial charge in [0.1, 0.15) is 11.6 Å². The summed E-state index contributed by atoms with van der Waals surface area (Å²) < 4.78 is 30.8. The van der Waals surface area contributed by atoms with Crippen molar-refractivity contribution in [1.29, 1.82) is 0 Å². The van der Waals surface area contributed by atoms with Gasteiger partial charge in [-0.25, -0.2) is 37.7 Å². The summed E-state index contributed by atoms with van der Waals surface area (Å²) in [7, 11) is 0.